The van der Waals surface area contributed by atoms with Gasteiger partial charge in [0, 0.05) is 7.05 Å². The Kier molecular flexibility index (Phi) is 5.87. The average molecular weight is 373 g/mol. The van der Waals surface area contributed by atoms with E-state index in [1.807, 2.05) is 0 Å². The molecule has 7 nitrogen and oxygen atoms in total. The number of sulfonamides is 1. The first-order chi connectivity index (χ1) is 11.3. The fraction of sp³-hybridized carbons (Fsp3) is 0.267. The molecule has 9 heteroatoms. The van der Waals surface area contributed by atoms with Gasteiger partial charge in [-0.3, -0.25) is 4.79 Å². The Morgan fingerprint density at radius 3 is 2.62 bits per heavy atom. The standard InChI is InChI=1S/C15H17ClN2O5S/c1-10-3-4-11(23-10)8-18-24(20,21)12-5-6-14(13(16)7-12)22-9-15(19)17-2/h3-7,18H,8-9H2,1-2H3,(H,17,19). The first-order valence-corrected chi connectivity index (χ1v) is 8.86. The predicted molar refractivity (Wildman–Crippen MR) is 88.5 cm³/mol. The van der Waals surface area contributed by atoms with Crippen molar-refractivity contribution in [3.05, 3.63) is 46.9 Å². The van der Waals surface area contributed by atoms with Gasteiger partial charge >= 0.3 is 0 Å². The largest absolute Gasteiger partial charge is 0.482 e. The number of aryl methyl sites for hydroxylation is 1. The van der Waals surface area contributed by atoms with Crippen LogP contribution in [0.5, 0.6) is 5.75 Å². The quantitative estimate of drug-likeness (QED) is 0.772. The van der Waals surface area contributed by atoms with E-state index in [0.29, 0.717) is 11.5 Å². The van der Waals surface area contributed by atoms with Gasteiger partial charge in [0.1, 0.15) is 17.3 Å². The average Bonchev–Trinajstić information content (AvgIpc) is 2.97. The number of hydrogen-bond donors (Lipinski definition) is 2. The van der Waals surface area contributed by atoms with E-state index in [1.165, 1.54) is 25.2 Å². The first kappa shape index (κ1) is 18.3. The SMILES string of the molecule is CNC(=O)COc1ccc(S(=O)(=O)NCc2ccc(C)o2)cc1Cl. The van der Waals surface area contributed by atoms with Crippen LogP contribution < -0.4 is 14.8 Å². The number of halogens is 1. The third-order valence-corrected chi connectivity index (χ3v) is 4.78. The van der Waals surface area contributed by atoms with Crippen molar-refractivity contribution >= 4 is 27.5 Å². The second kappa shape index (κ2) is 7.69. The number of likely N-dealkylation sites (N-methyl/N-ethyl adjacent to an activating group) is 1. The lowest BCUT2D eigenvalue weighted by atomic mass is 10.3. The lowest BCUT2D eigenvalue weighted by molar-refractivity contribution is -0.122. The number of carbonyl (C=O) groups excluding carboxylic acids is 1. The van der Waals surface area contributed by atoms with Crippen LogP contribution in [-0.2, 0) is 21.4 Å². The zero-order chi connectivity index (χ0) is 17.7. The lowest BCUT2D eigenvalue weighted by Gasteiger charge is -2.10. The molecule has 1 amide bonds. The van der Waals surface area contributed by atoms with Crippen LogP contribution in [0.4, 0.5) is 0 Å². The van der Waals surface area contributed by atoms with Gasteiger partial charge in [-0.25, -0.2) is 13.1 Å². The number of nitrogens with one attached hydrogen (secondary N) is 2. The van der Waals surface area contributed by atoms with Crippen LogP contribution in [0.25, 0.3) is 0 Å². The number of carbonyl (C=O) groups is 1. The maximum absolute atomic E-state index is 12.3. The van der Waals surface area contributed by atoms with E-state index in [2.05, 4.69) is 10.0 Å². The summed E-state index contributed by atoms with van der Waals surface area (Å²) in [7, 11) is -2.27. The monoisotopic (exact) mass is 372 g/mol. The molecule has 0 fully saturated rings. The van der Waals surface area contributed by atoms with Gasteiger partial charge in [-0.2, -0.15) is 0 Å². The number of rotatable bonds is 7. The smallest absolute Gasteiger partial charge is 0.257 e. The minimum atomic E-state index is -3.75. The predicted octanol–water partition coefficient (Wildman–Crippen LogP) is 1.84. The van der Waals surface area contributed by atoms with E-state index in [-0.39, 0.29) is 34.7 Å². The fourth-order valence-electron chi connectivity index (χ4n) is 1.81. The topological polar surface area (TPSA) is 97.6 Å². The van der Waals surface area contributed by atoms with Crippen LogP contribution in [0, 0.1) is 6.92 Å². The minimum absolute atomic E-state index is 0.0110. The van der Waals surface area contributed by atoms with E-state index in [0.717, 1.165) is 0 Å². The van der Waals surface area contributed by atoms with E-state index >= 15 is 0 Å². The van der Waals surface area contributed by atoms with Crippen LogP contribution in [0.1, 0.15) is 11.5 Å². The van der Waals surface area contributed by atoms with Gasteiger partial charge in [0.25, 0.3) is 5.91 Å². The van der Waals surface area contributed by atoms with Crippen LogP contribution >= 0.6 is 11.6 Å². The Hall–Kier alpha value is -2.03. The molecule has 1 aromatic carbocycles. The number of benzene rings is 1. The van der Waals surface area contributed by atoms with Gasteiger partial charge in [0.05, 0.1) is 16.5 Å². The van der Waals surface area contributed by atoms with E-state index in [1.54, 1.807) is 19.1 Å². The highest BCUT2D eigenvalue weighted by Crippen LogP contribution is 2.27. The summed E-state index contributed by atoms with van der Waals surface area (Å²) in [5.74, 6) is 1.11. The third-order valence-electron chi connectivity index (χ3n) is 3.08. The molecule has 0 aliphatic heterocycles. The van der Waals surface area contributed by atoms with Crippen molar-refractivity contribution in [3.8, 4) is 5.75 Å². The third kappa shape index (κ3) is 4.73. The molecule has 1 aromatic heterocycles. The zero-order valence-electron chi connectivity index (χ0n) is 13.1. The number of furan rings is 1. The molecular weight excluding hydrogens is 356 g/mol. The number of ether oxygens (including phenoxy) is 1. The summed E-state index contributed by atoms with van der Waals surface area (Å²) in [5, 5.41) is 2.50. The zero-order valence-corrected chi connectivity index (χ0v) is 14.7. The van der Waals surface area contributed by atoms with Crippen molar-refractivity contribution in [1.82, 2.24) is 10.0 Å². The normalized spacial score (nSPS) is 11.3. The molecule has 2 aromatic rings. The van der Waals surface area contributed by atoms with Crippen LogP contribution in [0.3, 0.4) is 0 Å². The molecule has 2 N–H and O–H groups in total. The molecule has 0 aliphatic carbocycles. The van der Waals surface area contributed by atoms with Gasteiger partial charge in [0.15, 0.2) is 6.61 Å². The lowest BCUT2D eigenvalue weighted by Crippen LogP contribution is -2.25. The Balaban J connectivity index is 2.07. The maximum atomic E-state index is 12.3. The molecule has 0 atom stereocenters. The van der Waals surface area contributed by atoms with Crippen molar-refractivity contribution in [2.24, 2.45) is 0 Å². The summed E-state index contributed by atoms with van der Waals surface area (Å²) in [5.41, 5.74) is 0. The minimum Gasteiger partial charge on any atom is -0.482 e. The van der Waals surface area contributed by atoms with E-state index in [9.17, 15) is 13.2 Å². The van der Waals surface area contributed by atoms with Crippen molar-refractivity contribution in [2.75, 3.05) is 13.7 Å². The van der Waals surface area contributed by atoms with E-state index in [4.69, 9.17) is 20.8 Å². The highest BCUT2D eigenvalue weighted by molar-refractivity contribution is 7.89. The first-order valence-electron chi connectivity index (χ1n) is 7.00. The molecule has 130 valence electrons. The molecule has 0 radical (unpaired) electrons. The van der Waals surface area contributed by atoms with Gasteiger partial charge < -0.3 is 14.5 Å². The molecule has 1 heterocycles. The van der Waals surface area contributed by atoms with Crippen LogP contribution in [-0.4, -0.2) is 28.0 Å². The molecule has 0 saturated heterocycles. The molecule has 0 aliphatic rings. The fourth-order valence-corrected chi connectivity index (χ4v) is 3.13. The Labute approximate surface area is 145 Å². The number of hydrogen-bond acceptors (Lipinski definition) is 5. The molecular formula is C15H17ClN2O5S. The highest BCUT2D eigenvalue weighted by atomic mass is 35.5. The van der Waals surface area contributed by atoms with Gasteiger partial charge in [-0.15, -0.1) is 0 Å². The summed E-state index contributed by atoms with van der Waals surface area (Å²) in [6.07, 6.45) is 0. The van der Waals surface area contributed by atoms with Crippen molar-refractivity contribution in [2.45, 2.75) is 18.4 Å². The molecule has 0 spiro atoms. The van der Waals surface area contributed by atoms with E-state index < -0.39 is 10.0 Å². The van der Waals surface area contributed by atoms with Crippen molar-refractivity contribution in [3.63, 3.8) is 0 Å². The highest BCUT2D eigenvalue weighted by Gasteiger charge is 2.17. The van der Waals surface area contributed by atoms with Gasteiger partial charge in [-0.1, -0.05) is 11.6 Å². The second-order valence-corrected chi connectivity index (χ2v) is 7.07. The van der Waals surface area contributed by atoms with Crippen LogP contribution in [0.15, 0.2) is 39.6 Å². The summed E-state index contributed by atoms with van der Waals surface area (Å²) in [4.78, 5) is 11.1. The van der Waals surface area contributed by atoms with Crippen molar-refractivity contribution < 1.29 is 22.4 Å². The summed E-state index contributed by atoms with van der Waals surface area (Å²) in [6, 6.07) is 7.45. The summed E-state index contributed by atoms with van der Waals surface area (Å²) < 4.78 is 37.5. The molecule has 2 rings (SSSR count). The summed E-state index contributed by atoms with van der Waals surface area (Å²) in [6.45, 7) is 1.59. The van der Waals surface area contributed by atoms with Crippen molar-refractivity contribution in [1.29, 1.82) is 0 Å². The Morgan fingerprint density at radius 1 is 1.29 bits per heavy atom. The maximum Gasteiger partial charge on any atom is 0.257 e. The Bertz CT molecular complexity index is 832. The second-order valence-electron chi connectivity index (χ2n) is 4.89. The molecule has 0 unspecified atom stereocenters. The number of amides is 1. The molecule has 0 saturated carbocycles. The molecule has 24 heavy (non-hydrogen) atoms. The van der Waals surface area contributed by atoms with Gasteiger partial charge in [0.2, 0.25) is 10.0 Å². The van der Waals surface area contributed by atoms with Crippen LogP contribution in [0.2, 0.25) is 5.02 Å². The molecule has 0 bridgehead atoms. The Morgan fingerprint density at radius 2 is 2.04 bits per heavy atom. The van der Waals surface area contributed by atoms with Gasteiger partial charge in [-0.05, 0) is 37.3 Å². The summed E-state index contributed by atoms with van der Waals surface area (Å²) >= 11 is 6.02.